The van der Waals surface area contributed by atoms with Gasteiger partial charge in [0.05, 0.1) is 0 Å². The first-order valence-corrected chi connectivity index (χ1v) is 7.27. The van der Waals surface area contributed by atoms with Crippen molar-refractivity contribution in [3.05, 3.63) is 35.4 Å². The Hall–Kier alpha value is -1.30. The molecule has 0 amide bonds. The number of aliphatic hydroxyl groups is 1. The first kappa shape index (κ1) is 14.1. The van der Waals surface area contributed by atoms with Crippen molar-refractivity contribution in [3.63, 3.8) is 0 Å². The van der Waals surface area contributed by atoms with Crippen LogP contribution in [-0.2, 0) is 0 Å². The summed E-state index contributed by atoms with van der Waals surface area (Å²) >= 11 is 0. The number of hydrogen-bond acceptors (Lipinski definition) is 2. The summed E-state index contributed by atoms with van der Waals surface area (Å²) in [4.78, 5) is 0. The first-order valence-electron chi connectivity index (χ1n) is 7.27. The monoisotopic (exact) mass is 257 g/mol. The van der Waals surface area contributed by atoms with E-state index in [1.54, 1.807) is 0 Å². The Morgan fingerprint density at radius 3 is 2.79 bits per heavy atom. The fourth-order valence-corrected chi connectivity index (χ4v) is 2.59. The van der Waals surface area contributed by atoms with E-state index in [4.69, 9.17) is 10.8 Å². The van der Waals surface area contributed by atoms with Gasteiger partial charge in [-0.25, -0.2) is 0 Å². The van der Waals surface area contributed by atoms with E-state index in [2.05, 4.69) is 17.9 Å². The van der Waals surface area contributed by atoms with E-state index in [-0.39, 0.29) is 12.6 Å². The second-order valence-electron chi connectivity index (χ2n) is 5.35. The molecule has 1 aromatic carbocycles. The summed E-state index contributed by atoms with van der Waals surface area (Å²) < 4.78 is 0. The average Bonchev–Trinajstić information content (AvgIpc) is 2.47. The number of aliphatic hydroxyl groups excluding tert-OH is 1. The van der Waals surface area contributed by atoms with E-state index < -0.39 is 0 Å². The Morgan fingerprint density at radius 1 is 1.26 bits per heavy atom. The highest BCUT2D eigenvalue weighted by Crippen LogP contribution is 2.23. The minimum Gasteiger partial charge on any atom is -0.396 e. The van der Waals surface area contributed by atoms with Crippen LogP contribution in [-0.4, -0.2) is 11.7 Å². The minimum atomic E-state index is -0.0959. The lowest BCUT2D eigenvalue weighted by Crippen LogP contribution is -2.11. The fourth-order valence-electron chi connectivity index (χ4n) is 2.59. The molecule has 0 radical (unpaired) electrons. The summed E-state index contributed by atoms with van der Waals surface area (Å²) in [5.41, 5.74) is 8.10. The molecule has 0 saturated heterocycles. The number of nitrogens with two attached hydrogens (primary N) is 1. The van der Waals surface area contributed by atoms with Gasteiger partial charge in [-0.05, 0) is 37.0 Å². The summed E-state index contributed by atoms with van der Waals surface area (Å²) in [6, 6.07) is 7.99. The predicted molar refractivity (Wildman–Crippen MR) is 78.5 cm³/mol. The van der Waals surface area contributed by atoms with E-state index in [1.807, 2.05) is 18.2 Å². The van der Waals surface area contributed by atoms with E-state index >= 15 is 0 Å². The maximum absolute atomic E-state index is 8.93. The first-order chi connectivity index (χ1) is 9.29. The third-order valence-electron chi connectivity index (χ3n) is 3.78. The van der Waals surface area contributed by atoms with Gasteiger partial charge < -0.3 is 10.8 Å². The maximum atomic E-state index is 8.93. The molecule has 2 heteroatoms. The Labute approximate surface area is 116 Å². The molecule has 0 aromatic heterocycles. The molecule has 2 nitrogen and oxygen atoms in total. The normalized spacial score (nSPS) is 17.6. The Kier molecular flexibility index (Phi) is 5.44. The topological polar surface area (TPSA) is 46.2 Å². The molecule has 1 atom stereocenters. The zero-order valence-corrected chi connectivity index (χ0v) is 11.4. The molecule has 1 aromatic rings. The molecular formula is C17H23NO. The van der Waals surface area contributed by atoms with E-state index in [0.29, 0.717) is 12.3 Å². The van der Waals surface area contributed by atoms with Crippen molar-refractivity contribution in [1.29, 1.82) is 0 Å². The van der Waals surface area contributed by atoms with Gasteiger partial charge in [0, 0.05) is 24.1 Å². The number of hydrogen-bond donors (Lipinski definition) is 2. The molecule has 1 saturated carbocycles. The van der Waals surface area contributed by atoms with Crippen LogP contribution in [0.1, 0.15) is 55.7 Å². The molecule has 1 aliphatic rings. The van der Waals surface area contributed by atoms with Crippen LogP contribution >= 0.6 is 0 Å². The predicted octanol–water partition coefficient (Wildman–Crippen LogP) is 3.00. The molecular weight excluding hydrogens is 234 g/mol. The van der Waals surface area contributed by atoms with Gasteiger partial charge in [0.25, 0.3) is 0 Å². The lowest BCUT2D eigenvalue weighted by Gasteiger charge is -2.15. The van der Waals surface area contributed by atoms with Crippen molar-refractivity contribution in [1.82, 2.24) is 0 Å². The molecule has 2 rings (SSSR count). The Morgan fingerprint density at radius 2 is 2.05 bits per heavy atom. The molecule has 0 aliphatic heterocycles. The van der Waals surface area contributed by atoms with Crippen LogP contribution in [0, 0.1) is 17.8 Å². The van der Waals surface area contributed by atoms with Crippen molar-refractivity contribution in [2.75, 3.05) is 6.61 Å². The summed E-state index contributed by atoms with van der Waals surface area (Å²) in [5.74, 6) is 7.25. The molecule has 0 spiro atoms. The highest BCUT2D eigenvalue weighted by atomic mass is 16.3. The lowest BCUT2D eigenvalue weighted by molar-refractivity contribution is 0.276. The van der Waals surface area contributed by atoms with Crippen LogP contribution in [0.25, 0.3) is 0 Å². The van der Waals surface area contributed by atoms with Gasteiger partial charge in [0.15, 0.2) is 0 Å². The van der Waals surface area contributed by atoms with Crippen LogP contribution < -0.4 is 5.73 Å². The van der Waals surface area contributed by atoms with E-state index in [9.17, 15) is 0 Å². The number of benzene rings is 1. The van der Waals surface area contributed by atoms with Gasteiger partial charge in [-0.1, -0.05) is 43.2 Å². The molecule has 19 heavy (non-hydrogen) atoms. The van der Waals surface area contributed by atoms with Gasteiger partial charge in [0.2, 0.25) is 0 Å². The van der Waals surface area contributed by atoms with E-state index in [0.717, 1.165) is 11.1 Å². The van der Waals surface area contributed by atoms with Crippen LogP contribution in [0.2, 0.25) is 0 Å². The highest BCUT2D eigenvalue weighted by molar-refractivity contribution is 5.38. The molecule has 1 fully saturated rings. The average molecular weight is 257 g/mol. The van der Waals surface area contributed by atoms with Gasteiger partial charge in [-0.3, -0.25) is 0 Å². The van der Waals surface area contributed by atoms with Crippen LogP contribution in [0.5, 0.6) is 0 Å². The summed E-state index contributed by atoms with van der Waals surface area (Å²) in [6.07, 6.45) is 7.10. The summed E-state index contributed by atoms with van der Waals surface area (Å²) in [7, 11) is 0. The van der Waals surface area contributed by atoms with Crippen molar-refractivity contribution in [2.24, 2.45) is 11.7 Å². The lowest BCUT2D eigenvalue weighted by atomic mass is 9.89. The SMILES string of the molecule is NC(CCO)c1cccc(C#CC2CCCCC2)c1. The van der Waals surface area contributed by atoms with Gasteiger partial charge >= 0.3 is 0 Å². The molecule has 3 N–H and O–H groups in total. The Balaban J connectivity index is 2.04. The second kappa shape index (κ2) is 7.33. The zero-order chi connectivity index (χ0) is 13.5. The largest absolute Gasteiger partial charge is 0.396 e. The fraction of sp³-hybridized carbons (Fsp3) is 0.529. The van der Waals surface area contributed by atoms with Crippen molar-refractivity contribution < 1.29 is 5.11 Å². The standard InChI is InChI=1S/C17H23NO/c18-17(11-12-19)16-8-4-7-15(13-16)10-9-14-5-2-1-3-6-14/h4,7-8,13-14,17,19H,1-3,5-6,11-12,18H2. The quantitative estimate of drug-likeness (QED) is 0.818. The second-order valence-corrected chi connectivity index (χ2v) is 5.35. The van der Waals surface area contributed by atoms with Crippen molar-refractivity contribution >= 4 is 0 Å². The summed E-state index contributed by atoms with van der Waals surface area (Å²) in [6.45, 7) is 0.124. The Bertz CT molecular complexity index is 452. The highest BCUT2D eigenvalue weighted by Gasteiger charge is 2.10. The third-order valence-corrected chi connectivity index (χ3v) is 3.78. The van der Waals surface area contributed by atoms with Gasteiger partial charge in [-0.2, -0.15) is 0 Å². The molecule has 102 valence electrons. The third kappa shape index (κ3) is 4.38. The zero-order valence-electron chi connectivity index (χ0n) is 11.4. The van der Waals surface area contributed by atoms with E-state index in [1.165, 1.54) is 32.1 Å². The van der Waals surface area contributed by atoms with Crippen molar-refractivity contribution in [3.8, 4) is 11.8 Å². The van der Waals surface area contributed by atoms with Gasteiger partial charge in [0.1, 0.15) is 0 Å². The van der Waals surface area contributed by atoms with Crippen LogP contribution in [0.15, 0.2) is 24.3 Å². The van der Waals surface area contributed by atoms with Crippen LogP contribution in [0.3, 0.4) is 0 Å². The molecule has 0 bridgehead atoms. The molecule has 0 heterocycles. The van der Waals surface area contributed by atoms with Crippen LogP contribution in [0.4, 0.5) is 0 Å². The molecule has 1 unspecified atom stereocenters. The minimum absolute atomic E-state index is 0.0959. The molecule has 1 aliphatic carbocycles. The smallest absolute Gasteiger partial charge is 0.0449 e. The summed E-state index contributed by atoms with van der Waals surface area (Å²) in [5, 5.41) is 8.93. The maximum Gasteiger partial charge on any atom is 0.0449 e. The van der Waals surface area contributed by atoms with Gasteiger partial charge in [-0.15, -0.1) is 0 Å². The van der Waals surface area contributed by atoms with Crippen molar-refractivity contribution in [2.45, 2.75) is 44.6 Å². The number of rotatable bonds is 3.